The lowest BCUT2D eigenvalue weighted by Crippen LogP contribution is -1.83. The van der Waals surface area contributed by atoms with Gasteiger partial charge in [0.1, 0.15) is 0 Å². The molecule has 0 radical (unpaired) electrons. The highest BCUT2D eigenvalue weighted by atomic mass is 14.6. The molecule has 0 saturated carbocycles. The van der Waals surface area contributed by atoms with Crippen LogP contribution in [0.4, 0.5) is 0 Å². The van der Waals surface area contributed by atoms with Crippen LogP contribution in [-0.4, -0.2) is 13.3 Å². The summed E-state index contributed by atoms with van der Waals surface area (Å²) in [6.07, 6.45) is 3.23. The monoisotopic (exact) mass is 98.1 g/mol. The first kappa shape index (κ1) is 6.21. The number of hydrogen-bond acceptors (Lipinski definition) is 2. The van der Waals surface area contributed by atoms with E-state index in [2.05, 4.69) is 4.99 Å². The third-order valence-corrected chi connectivity index (χ3v) is 0.596. The molecule has 0 aromatic carbocycles. The maximum Gasteiger partial charge on any atom is 0.0277 e. The highest BCUT2D eigenvalue weighted by molar-refractivity contribution is 5.77. The summed E-state index contributed by atoms with van der Waals surface area (Å²) < 4.78 is 0. The van der Waals surface area contributed by atoms with E-state index in [-0.39, 0.29) is 0 Å². The maximum atomic E-state index is 5.10. The van der Waals surface area contributed by atoms with Gasteiger partial charge in [-0.05, 0) is 18.7 Å². The van der Waals surface area contributed by atoms with Crippen molar-refractivity contribution in [2.24, 2.45) is 10.7 Å². The van der Waals surface area contributed by atoms with E-state index >= 15 is 0 Å². The average molecular weight is 98.1 g/mol. The van der Waals surface area contributed by atoms with E-state index in [1.807, 2.05) is 6.92 Å². The second-order valence-electron chi connectivity index (χ2n) is 1.30. The molecule has 2 nitrogen and oxygen atoms in total. The second-order valence-corrected chi connectivity index (χ2v) is 1.30. The topological polar surface area (TPSA) is 38.4 Å². The Labute approximate surface area is 43.7 Å². The summed E-state index contributed by atoms with van der Waals surface area (Å²) in [7, 11) is 1.72. The van der Waals surface area contributed by atoms with E-state index in [9.17, 15) is 0 Å². The van der Waals surface area contributed by atoms with E-state index in [0.717, 1.165) is 5.57 Å². The minimum atomic E-state index is 0.988. The molecule has 0 heterocycles. The van der Waals surface area contributed by atoms with Crippen LogP contribution < -0.4 is 5.73 Å². The maximum absolute atomic E-state index is 5.10. The number of nitrogens with two attached hydrogens (primary N) is 1. The summed E-state index contributed by atoms with van der Waals surface area (Å²) in [5, 5.41) is 0. The van der Waals surface area contributed by atoms with Crippen LogP contribution in [0.15, 0.2) is 16.8 Å². The van der Waals surface area contributed by atoms with Crippen molar-refractivity contribution in [1.29, 1.82) is 0 Å². The summed E-state index contributed by atoms with van der Waals surface area (Å²) in [6.45, 7) is 1.90. The Bertz CT molecular complexity index is 92.3. The van der Waals surface area contributed by atoms with E-state index in [1.165, 1.54) is 6.20 Å². The first-order valence-electron chi connectivity index (χ1n) is 2.12. The molecule has 0 atom stereocenters. The molecular formula is C5H10N2. The number of rotatable bonds is 1. The fourth-order valence-electron chi connectivity index (χ4n) is 0.247. The van der Waals surface area contributed by atoms with Crippen molar-refractivity contribution in [2.75, 3.05) is 7.05 Å². The fraction of sp³-hybridized carbons (Fsp3) is 0.400. The zero-order valence-corrected chi connectivity index (χ0v) is 4.68. The van der Waals surface area contributed by atoms with Crippen LogP contribution in [0.3, 0.4) is 0 Å². The first-order chi connectivity index (χ1) is 3.31. The van der Waals surface area contributed by atoms with Crippen LogP contribution >= 0.6 is 0 Å². The summed E-state index contributed by atoms with van der Waals surface area (Å²) in [4.78, 5) is 3.73. The van der Waals surface area contributed by atoms with E-state index < -0.39 is 0 Å². The predicted molar refractivity (Wildman–Crippen MR) is 32.4 cm³/mol. The van der Waals surface area contributed by atoms with Crippen LogP contribution in [0.2, 0.25) is 0 Å². The highest BCUT2D eigenvalue weighted by Gasteiger charge is 1.71. The molecule has 0 aromatic rings. The summed E-state index contributed by atoms with van der Waals surface area (Å²) in [5.74, 6) is 0. The lowest BCUT2D eigenvalue weighted by molar-refractivity contribution is 1.42. The number of nitrogens with zero attached hydrogens (tertiary/aromatic N) is 1. The third kappa shape index (κ3) is 3.03. The molecule has 2 N–H and O–H groups in total. The van der Waals surface area contributed by atoms with Gasteiger partial charge in [-0.15, -0.1) is 0 Å². The van der Waals surface area contributed by atoms with Crippen LogP contribution in [0, 0.1) is 0 Å². The number of aliphatic imine (C=N–C) groups is 1. The standard InChI is InChI=1S/C5H10N2/c1-5(3-6)4-7-2/h3-4H,6H2,1-2H3. The number of hydrogen-bond donors (Lipinski definition) is 1. The van der Waals surface area contributed by atoms with Gasteiger partial charge in [-0.1, -0.05) is 0 Å². The van der Waals surface area contributed by atoms with Crippen molar-refractivity contribution in [3.8, 4) is 0 Å². The van der Waals surface area contributed by atoms with E-state index in [1.54, 1.807) is 13.3 Å². The molecule has 0 saturated heterocycles. The normalized spacial score (nSPS) is 13.1. The van der Waals surface area contributed by atoms with Gasteiger partial charge in [-0.2, -0.15) is 0 Å². The van der Waals surface area contributed by atoms with Crippen molar-refractivity contribution >= 4 is 6.21 Å². The van der Waals surface area contributed by atoms with Gasteiger partial charge in [0.05, 0.1) is 0 Å². The molecular weight excluding hydrogens is 88.1 g/mol. The molecule has 0 aromatic heterocycles. The first-order valence-corrected chi connectivity index (χ1v) is 2.12. The van der Waals surface area contributed by atoms with Gasteiger partial charge < -0.3 is 5.73 Å². The minimum Gasteiger partial charge on any atom is -0.404 e. The Hall–Kier alpha value is -0.790. The van der Waals surface area contributed by atoms with Crippen molar-refractivity contribution in [3.05, 3.63) is 11.8 Å². The molecule has 0 aliphatic carbocycles. The zero-order chi connectivity index (χ0) is 5.70. The molecule has 40 valence electrons. The van der Waals surface area contributed by atoms with Gasteiger partial charge in [-0.3, -0.25) is 4.99 Å². The quantitative estimate of drug-likeness (QED) is 0.478. The lowest BCUT2D eigenvalue weighted by Gasteiger charge is -1.80. The van der Waals surface area contributed by atoms with E-state index in [4.69, 9.17) is 5.73 Å². The highest BCUT2D eigenvalue weighted by Crippen LogP contribution is 1.79. The van der Waals surface area contributed by atoms with Crippen molar-refractivity contribution in [1.82, 2.24) is 0 Å². The molecule has 0 bridgehead atoms. The van der Waals surface area contributed by atoms with Crippen LogP contribution in [0.25, 0.3) is 0 Å². The van der Waals surface area contributed by atoms with Crippen LogP contribution in [-0.2, 0) is 0 Å². The summed E-state index contributed by atoms with van der Waals surface area (Å²) >= 11 is 0. The molecule has 0 rings (SSSR count). The average Bonchev–Trinajstić information content (AvgIpc) is 1.68. The molecule has 0 aliphatic heterocycles. The van der Waals surface area contributed by atoms with Crippen LogP contribution in [0.5, 0.6) is 0 Å². The smallest absolute Gasteiger partial charge is 0.0277 e. The van der Waals surface area contributed by atoms with Gasteiger partial charge in [0.2, 0.25) is 0 Å². The third-order valence-electron chi connectivity index (χ3n) is 0.596. The Kier molecular flexibility index (Phi) is 3.02. The molecule has 0 unspecified atom stereocenters. The van der Waals surface area contributed by atoms with Gasteiger partial charge in [0, 0.05) is 13.3 Å². The Morgan fingerprint density at radius 1 is 1.71 bits per heavy atom. The van der Waals surface area contributed by atoms with Crippen molar-refractivity contribution < 1.29 is 0 Å². The lowest BCUT2D eigenvalue weighted by atomic mass is 10.4. The van der Waals surface area contributed by atoms with Crippen LogP contribution in [0.1, 0.15) is 6.92 Å². The van der Waals surface area contributed by atoms with Gasteiger partial charge in [0.25, 0.3) is 0 Å². The largest absolute Gasteiger partial charge is 0.404 e. The molecule has 0 fully saturated rings. The molecule has 0 amide bonds. The van der Waals surface area contributed by atoms with Gasteiger partial charge >= 0.3 is 0 Å². The number of allylic oxidation sites excluding steroid dienone is 1. The van der Waals surface area contributed by atoms with Crippen molar-refractivity contribution in [2.45, 2.75) is 6.92 Å². The van der Waals surface area contributed by atoms with Gasteiger partial charge in [-0.25, -0.2) is 0 Å². The predicted octanol–water partition coefficient (Wildman–Crippen LogP) is 0.550. The SMILES string of the molecule is CN=CC(C)=CN. The molecule has 0 aliphatic rings. The minimum absolute atomic E-state index is 0.988. The second kappa shape index (κ2) is 3.40. The summed E-state index contributed by atoms with van der Waals surface area (Å²) in [5.41, 5.74) is 6.09. The molecule has 0 spiro atoms. The zero-order valence-electron chi connectivity index (χ0n) is 4.68. The fourth-order valence-corrected chi connectivity index (χ4v) is 0.247. The van der Waals surface area contributed by atoms with Crippen molar-refractivity contribution in [3.63, 3.8) is 0 Å². The molecule has 7 heavy (non-hydrogen) atoms. The van der Waals surface area contributed by atoms with Gasteiger partial charge in [0.15, 0.2) is 0 Å². The Balaban J connectivity index is 3.58. The summed E-state index contributed by atoms with van der Waals surface area (Å²) in [6, 6.07) is 0. The Morgan fingerprint density at radius 2 is 2.29 bits per heavy atom. The van der Waals surface area contributed by atoms with E-state index in [0.29, 0.717) is 0 Å². The molecule has 2 heteroatoms. The Morgan fingerprint density at radius 3 is 2.43 bits per heavy atom.